The number of aliphatic carboxylic acids is 1. The Bertz CT molecular complexity index is 254. The lowest BCUT2D eigenvalue weighted by Crippen LogP contribution is -2.52. The van der Waals surface area contributed by atoms with Gasteiger partial charge in [0.1, 0.15) is 6.04 Å². The Morgan fingerprint density at radius 3 is 2.12 bits per heavy atom. The van der Waals surface area contributed by atoms with Crippen molar-refractivity contribution >= 4 is 11.9 Å². The summed E-state index contributed by atoms with van der Waals surface area (Å²) >= 11 is 0. The number of hydrogen-bond donors (Lipinski definition) is 3. The fraction of sp³-hybridized carbons (Fsp3) is 0.818. The first-order valence-corrected chi connectivity index (χ1v) is 5.60. The molecule has 0 aromatic rings. The van der Waals surface area contributed by atoms with E-state index in [2.05, 4.69) is 5.32 Å². The number of rotatable bonds is 6. The monoisotopic (exact) mass is 230 g/mol. The highest BCUT2D eigenvalue weighted by Gasteiger charge is 2.28. The molecule has 0 spiro atoms. The number of carbonyl (C=O) groups excluding carboxylic acids is 1. The number of carboxylic acids is 1. The summed E-state index contributed by atoms with van der Waals surface area (Å²) in [5, 5.41) is 11.5. The summed E-state index contributed by atoms with van der Waals surface area (Å²) in [4.78, 5) is 22.6. The zero-order valence-corrected chi connectivity index (χ0v) is 10.4. The molecule has 4 N–H and O–H groups in total. The average molecular weight is 230 g/mol. The van der Waals surface area contributed by atoms with Gasteiger partial charge in [-0.2, -0.15) is 0 Å². The zero-order valence-electron chi connectivity index (χ0n) is 10.4. The van der Waals surface area contributed by atoms with Crippen LogP contribution in [0.15, 0.2) is 0 Å². The first kappa shape index (κ1) is 14.9. The molecular formula is C11H22N2O3. The van der Waals surface area contributed by atoms with E-state index in [1.165, 1.54) is 0 Å². The van der Waals surface area contributed by atoms with Crippen LogP contribution in [0, 0.1) is 11.8 Å². The minimum Gasteiger partial charge on any atom is -0.480 e. The normalized spacial score (nSPS) is 16.6. The number of amides is 1. The van der Waals surface area contributed by atoms with Gasteiger partial charge in [0.25, 0.3) is 0 Å². The van der Waals surface area contributed by atoms with Gasteiger partial charge < -0.3 is 16.2 Å². The van der Waals surface area contributed by atoms with E-state index < -0.39 is 24.0 Å². The molecule has 0 heterocycles. The highest BCUT2D eigenvalue weighted by atomic mass is 16.4. The van der Waals surface area contributed by atoms with Gasteiger partial charge in [0.2, 0.25) is 5.91 Å². The molecule has 0 aliphatic rings. The topological polar surface area (TPSA) is 92.4 Å². The lowest BCUT2D eigenvalue weighted by atomic mass is 9.97. The second kappa shape index (κ2) is 6.48. The number of carboxylic acid groups (broad SMARTS) is 1. The van der Waals surface area contributed by atoms with E-state index in [1.54, 1.807) is 6.92 Å². The van der Waals surface area contributed by atoms with Crippen LogP contribution in [0.4, 0.5) is 0 Å². The van der Waals surface area contributed by atoms with E-state index in [-0.39, 0.29) is 11.8 Å². The molecule has 0 saturated carbocycles. The van der Waals surface area contributed by atoms with Crippen LogP contribution in [0.5, 0.6) is 0 Å². The van der Waals surface area contributed by atoms with Gasteiger partial charge in [-0.25, -0.2) is 4.79 Å². The van der Waals surface area contributed by atoms with Crippen molar-refractivity contribution in [2.24, 2.45) is 17.6 Å². The summed E-state index contributed by atoms with van der Waals surface area (Å²) in [7, 11) is 0. The number of carbonyl (C=O) groups is 2. The molecule has 16 heavy (non-hydrogen) atoms. The number of nitrogens with one attached hydrogen (secondary N) is 1. The number of nitrogens with two attached hydrogens (primary N) is 1. The van der Waals surface area contributed by atoms with Crippen LogP contribution in [0.2, 0.25) is 0 Å². The predicted molar refractivity (Wildman–Crippen MR) is 61.8 cm³/mol. The molecule has 2 unspecified atom stereocenters. The maximum absolute atomic E-state index is 11.6. The van der Waals surface area contributed by atoms with Gasteiger partial charge in [0.15, 0.2) is 0 Å². The minimum atomic E-state index is -1.02. The van der Waals surface area contributed by atoms with Crippen LogP contribution in [-0.2, 0) is 9.59 Å². The molecule has 1 amide bonds. The number of hydrogen-bond acceptors (Lipinski definition) is 3. The highest BCUT2D eigenvalue weighted by Crippen LogP contribution is 2.09. The van der Waals surface area contributed by atoms with E-state index >= 15 is 0 Å². The van der Waals surface area contributed by atoms with Crippen LogP contribution < -0.4 is 11.1 Å². The van der Waals surface area contributed by atoms with E-state index in [0.717, 1.165) is 0 Å². The second-order valence-electron chi connectivity index (χ2n) is 4.48. The fourth-order valence-electron chi connectivity index (χ4n) is 1.24. The first-order chi connectivity index (χ1) is 7.31. The average Bonchev–Trinajstić information content (AvgIpc) is 2.22. The largest absolute Gasteiger partial charge is 0.480 e. The fourth-order valence-corrected chi connectivity index (χ4v) is 1.24. The van der Waals surface area contributed by atoms with E-state index in [0.29, 0.717) is 6.42 Å². The molecule has 5 heteroatoms. The van der Waals surface area contributed by atoms with Crippen molar-refractivity contribution in [2.75, 3.05) is 0 Å². The van der Waals surface area contributed by atoms with Crippen LogP contribution in [-0.4, -0.2) is 29.1 Å². The molecule has 0 saturated heterocycles. The van der Waals surface area contributed by atoms with Crippen molar-refractivity contribution in [3.8, 4) is 0 Å². The molecule has 0 aromatic carbocycles. The Hall–Kier alpha value is -1.10. The van der Waals surface area contributed by atoms with Gasteiger partial charge in [-0.15, -0.1) is 0 Å². The van der Waals surface area contributed by atoms with Crippen molar-refractivity contribution in [1.29, 1.82) is 0 Å². The molecule has 94 valence electrons. The Labute approximate surface area is 96.4 Å². The van der Waals surface area contributed by atoms with Crippen molar-refractivity contribution in [3.05, 3.63) is 0 Å². The van der Waals surface area contributed by atoms with Crippen LogP contribution in [0.1, 0.15) is 34.1 Å². The molecule has 0 radical (unpaired) electrons. The lowest BCUT2D eigenvalue weighted by molar-refractivity contribution is -0.143. The van der Waals surface area contributed by atoms with Crippen molar-refractivity contribution < 1.29 is 14.7 Å². The van der Waals surface area contributed by atoms with Gasteiger partial charge in [0, 0.05) is 0 Å². The summed E-state index contributed by atoms with van der Waals surface area (Å²) in [5.74, 6) is -1.53. The molecule has 5 nitrogen and oxygen atoms in total. The molecule has 0 bridgehead atoms. The third kappa shape index (κ3) is 4.18. The Morgan fingerprint density at radius 1 is 1.31 bits per heavy atom. The zero-order chi connectivity index (χ0) is 12.9. The smallest absolute Gasteiger partial charge is 0.326 e. The molecule has 0 rings (SSSR count). The van der Waals surface area contributed by atoms with Gasteiger partial charge in [-0.05, 0) is 11.8 Å². The molecule has 0 aliphatic heterocycles. The van der Waals surface area contributed by atoms with Crippen LogP contribution >= 0.6 is 0 Å². The quantitative estimate of drug-likeness (QED) is 0.622. The SMILES string of the molecule is CCC(C)C(NC(=O)[C@H](N)C(C)C)C(=O)O. The first-order valence-electron chi connectivity index (χ1n) is 5.60. The van der Waals surface area contributed by atoms with Crippen LogP contribution in [0.25, 0.3) is 0 Å². The molecule has 0 fully saturated rings. The molecule has 3 atom stereocenters. The van der Waals surface area contributed by atoms with Crippen molar-refractivity contribution in [2.45, 2.75) is 46.2 Å². The highest BCUT2D eigenvalue weighted by molar-refractivity contribution is 5.87. The summed E-state index contributed by atoms with van der Waals surface area (Å²) in [5.41, 5.74) is 5.65. The van der Waals surface area contributed by atoms with E-state index in [4.69, 9.17) is 10.8 Å². The van der Waals surface area contributed by atoms with Gasteiger partial charge in [-0.1, -0.05) is 34.1 Å². The standard InChI is InChI=1S/C11H22N2O3/c1-5-7(4)9(11(15)16)13-10(14)8(12)6(2)3/h6-9H,5,12H2,1-4H3,(H,13,14)(H,15,16)/t7?,8-,9?/m1/s1. The van der Waals surface area contributed by atoms with Gasteiger partial charge >= 0.3 is 5.97 Å². The summed E-state index contributed by atoms with van der Waals surface area (Å²) in [6.07, 6.45) is 0.689. The van der Waals surface area contributed by atoms with E-state index in [1.807, 2.05) is 20.8 Å². The second-order valence-corrected chi connectivity index (χ2v) is 4.48. The summed E-state index contributed by atoms with van der Waals surface area (Å²) < 4.78 is 0. The summed E-state index contributed by atoms with van der Waals surface area (Å²) in [6, 6.07) is -1.52. The third-order valence-corrected chi connectivity index (χ3v) is 2.80. The lowest BCUT2D eigenvalue weighted by Gasteiger charge is -2.23. The maximum Gasteiger partial charge on any atom is 0.326 e. The Balaban J connectivity index is 4.52. The third-order valence-electron chi connectivity index (χ3n) is 2.80. The minimum absolute atomic E-state index is 0.00798. The summed E-state index contributed by atoms with van der Waals surface area (Å²) in [6.45, 7) is 7.32. The van der Waals surface area contributed by atoms with Crippen molar-refractivity contribution in [3.63, 3.8) is 0 Å². The van der Waals surface area contributed by atoms with Gasteiger partial charge in [-0.3, -0.25) is 4.79 Å². The molecule has 0 aliphatic carbocycles. The molecular weight excluding hydrogens is 208 g/mol. The Kier molecular flexibility index (Phi) is 6.03. The van der Waals surface area contributed by atoms with Gasteiger partial charge in [0.05, 0.1) is 6.04 Å². The van der Waals surface area contributed by atoms with Crippen LogP contribution in [0.3, 0.4) is 0 Å². The van der Waals surface area contributed by atoms with E-state index in [9.17, 15) is 9.59 Å². The molecule has 0 aromatic heterocycles. The van der Waals surface area contributed by atoms with Crippen molar-refractivity contribution in [1.82, 2.24) is 5.32 Å². The Morgan fingerprint density at radius 2 is 1.81 bits per heavy atom. The maximum atomic E-state index is 11.6. The predicted octanol–water partition coefficient (Wildman–Crippen LogP) is 0.585.